The highest BCUT2D eigenvalue weighted by Crippen LogP contribution is 2.27. The number of carbonyl (C=O) groups excluding carboxylic acids is 1. The van der Waals surface area contributed by atoms with E-state index in [2.05, 4.69) is 36.4 Å². The third-order valence-corrected chi connectivity index (χ3v) is 3.07. The highest BCUT2D eigenvalue weighted by atomic mass is 79.9. The van der Waals surface area contributed by atoms with Gasteiger partial charge in [0.2, 0.25) is 5.95 Å². The van der Waals surface area contributed by atoms with Gasteiger partial charge >= 0.3 is 0 Å². The Morgan fingerprint density at radius 2 is 2.15 bits per heavy atom. The second-order valence-electron chi connectivity index (χ2n) is 4.05. The van der Waals surface area contributed by atoms with Gasteiger partial charge in [-0.3, -0.25) is 25.3 Å². The number of rotatable bonds is 3. The van der Waals surface area contributed by atoms with Crippen LogP contribution in [-0.4, -0.2) is 26.0 Å². The van der Waals surface area contributed by atoms with Crippen LogP contribution in [0.2, 0.25) is 0 Å². The van der Waals surface area contributed by atoms with Crippen molar-refractivity contribution in [3.8, 4) is 0 Å². The molecule has 0 bridgehead atoms. The van der Waals surface area contributed by atoms with E-state index < -0.39 is 10.8 Å². The molecule has 9 heteroatoms. The number of halogens is 1. The number of H-pyrrole nitrogens is 1. The SMILES string of the molecule is Cc1nc(NC(=O)c2cc(Br)cc([N+](=O)[O-])c2C)n[nH]1. The average molecular weight is 340 g/mol. The average Bonchev–Trinajstić information content (AvgIpc) is 2.76. The van der Waals surface area contributed by atoms with Crippen molar-refractivity contribution >= 4 is 33.5 Å². The first-order chi connectivity index (χ1) is 9.38. The van der Waals surface area contributed by atoms with E-state index in [0.29, 0.717) is 10.3 Å². The van der Waals surface area contributed by atoms with Crippen LogP contribution in [0, 0.1) is 24.0 Å². The molecule has 0 atom stereocenters. The molecule has 0 radical (unpaired) electrons. The predicted octanol–water partition coefficient (Wildman–Crippen LogP) is 2.34. The van der Waals surface area contributed by atoms with Crippen molar-refractivity contribution < 1.29 is 9.72 Å². The molecular weight excluding hydrogens is 330 g/mol. The quantitative estimate of drug-likeness (QED) is 0.658. The van der Waals surface area contributed by atoms with E-state index >= 15 is 0 Å². The molecule has 8 nitrogen and oxygen atoms in total. The van der Waals surface area contributed by atoms with Crippen LogP contribution in [0.1, 0.15) is 21.7 Å². The van der Waals surface area contributed by atoms with Gasteiger partial charge in [-0.15, -0.1) is 5.10 Å². The van der Waals surface area contributed by atoms with Gasteiger partial charge in [-0.05, 0) is 19.9 Å². The lowest BCUT2D eigenvalue weighted by Gasteiger charge is -2.06. The Morgan fingerprint density at radius 3 is 2.70 bits per heavy atom. The van der Waals surface area contributed by atoms with E-state index in [0.717, 1.165) is 0 Å². The molecule has 1 aromatic heterocycles. The maximum Gasteiger partial charge on any atom is 0.274 e. The fourth-order valence-corrected chi connectivity index (χ4v) is 2.10. The molecule has 20 heavy (non-hydrogen) atoms. The van der Waals surface area contributed by atoms with E-state index in [-0.39, 0.29) is 22.8 Å². The van der Waals surface area contributed by atoms with Gasteiger partial charge in [0, 0.05) is 16.1 Å². The van der Waals surface area contributed by atoms with Crippen LogP contribution < -0.4 is 5.32 Å². The summed E-state index contributed by atoms with van der Waals surface area (Å²) in [6, 6.07) is 2.86. The van der Waals surface area contributed by atoms with Crippen LogP contribution >= 0.6 is 15.9 Å². The predicted molar refractivity (Wildman–Crippen MR) is 74.6 cm³/mol. The van der Waals surface area contributed by atoms with Gasteiger partial charge in [-0.2, -0.15) is 4.98 Å². The zero-order valence-electron chi connectivity index (χ0n) is 10.6. The van der Waals surface area contributed by atoms with Crippen molar-refractivity contribution in [1.82, 2.24) is 15.2 Å². The Morgan fingerprint density at radius 1 is 1.45 bits per heavy atom. The van der Waals surface area contributed by atoms with Crippen molar-refractivity contribution in [2.45, 2.75) is 13.8 Å². The third kappa shape index (κ3) is 2.82. The standard InChI is InChI=1S/C11H10BrN5O3/c1-5-8(3-7(12)4-9(5)17(19)20)10(18)14-11-13-6(2)15-16-11/h3-4H,1-2H3,(H2,13,14,15,16,18). The van der Waals surface area contributed by atoms with Crippen molar-refractivity contribution in [3.05, 3.63) is 43.7 Å². The number of hydrogen-bond acceptors (Lipinski definition) is 5. The monoisotopic (exact) mass is 339 g/mol. The number of nitrogens with one attached hydrogen (secondary N) is 2. The van der Waals surface area contributed by atoms with Crippen LogP contribution in [0.4, 0.5) is 11.6 Å². The summed E-state index contributed by atoms with van der Waals surface area (Å²) in [6.07, 6.45) is 0. The summed E-state index contributed by atoms with van der Waals surface area (Å²) in [5.41, 5.74) is 0.340. The maximum atomic E-state index is 12.1. The topological polar surface area (TPSA) is 114 Å². The summed E-state index contributed by atoms with van der Waals surface area (Å²) in [5, 5.41) is 19.8. The van der Waals surface area contributed by atoms with Gasteiger partial charge in [-0.25, -0.2) is 0 Å². The molecule has 0 fully saturated rings. The maximum absolute atomic E-state index is 12.1. The van der Waals surface area contributed by atoms with Crippen molar-refractivity contribution in [3.63, 3.8) is 0 Å². The third-order valence-electron chi connectivity index (χ3n) is 2.61. The van der Waals surface area contributed by atoms with E-state index in [4.69, 9.17) is 0 Å². The van der Waals surface area contributed by atoms with E-state index in [1.165, 1.54) is 19.1 Å². The van der Waals surface area contributed by atoms with E-state index in [1.54, 1.807) is 6.92 Å². The number of hydrogen-bond donors (Lipinski definition) is 2. The number of nitro benzene ring substituents is 1. The summed E-state index contributed by atoms with van der Waals surface area (Å²) in [7, 11) is 0. The van der Waals surface area contributed by atoms with Gasteiger partial charge in [0.1, 0.15) is 5.82 Å². The molecular formula is C11H10BrN5O3. The molecule has 1 aromatic carbocycles. The Bertz CT molecular complexity index is 697. The molecule has 0 aliphatic rings. The molecule has 0 aliphatic heterocycles. The fourth-order valence-electron chi connectivity index (χ4n) is 1.66. The van der Waals surface area contributed by atoms with Crippen molar-refractivity contribution in [1.29, 1.82) is 0 Å². The first-order valence-electron chi connectivity index (χ1n) is 5.53. The zero-order chi connectivity index (χ0) is 14.9. The molecule has 2 N–H and O–H groups in total. The molecule has 1 amide bonds. The van der Waals surface area contributed by atoms with Gasteiger partial charge in [0.05, 0.1) is 10.5 Å². The largest absolute Gasteiger partial charge is 0.289 e. The Hall–Kier alpha value is -2.29. The number of nitrogens with zero attached hydrogens (tertiary/aromatic N) is 3. The van der Waals surface area contributed by atoms with Crippen LogP contribution in [0.3, 0.4) is 0 Å². The Balaban J connectivity index is 2.37. The number of carbonyl (C=O) groups is 1. The molecule has 0 unspecified atom stereocenters. The summed E-state index contributed by atoms with van der Waals surface area (Å²) in [6.45, 7) is 3.21. The smallest absolute Gasteiger partial charge is 0.274 e. The van der Waals surface area contributed by atoms with Gasteiger partial charge in [-0.1, -0.05) is 15.9 Å². The lowest BCUT2D eigenvalue weighted by Crippen LogP contribution is -2.15. The van der Waals surface area contributed by atoms with Gasteiger partial charge in [0.25, 0.3) is 11.6 Å². The molecule has 1 heterocycles. The van der Waals surface area contributed by atoms with E-state index in [9.17, 15) is 14.9 Å². The van der Waals surface area contributed by atoms with Crippen molar-refractivity contribution in [2.24, 2.45) is 0 Å². The molecule has 0 saturated carbocycles. The number of nitro groups is 1. The number of benzene rings is 1. The lowest BCUT2D eigenvalue weighted by molar-refractivity contribution is -0.385. The van der Waals surface area contributed by atoms with Crippen LogP contribution in [0.5, 0.6) is 0 Å². The lowest BCUT2D eigenvalue weighted by atomic mass is 10.1. The molecule has 0 saturated heterocycles. The summed E-state index contributed by atoms with van der Waals surface area (Å²) < 4.78 is 0.450. The fraction of sp³-hybridized carbons (Fsp3) is 0.182. The molecule has 0 aliphatic carbocycles. The number of aromatic nitrogens is 3. The normalized spacial score (nSPS) is 10.3. The highest BCUT2D eigenvalue weighted by Gasteiger charge is 2.20. The molecule has 2 rings (SSSR count). The number of aryl methyl sites for hydroxylation is 1. The first-order valence-corrected chi connectivity index (χ1v) is 6.32. The minimum absolute atomic E-state index is 0.120. The van der Waals surface area contributed by atoms with Gasteiger partial charge < -0.3 is 0 Å². The number of anilines is 1. The minimum Gasteiger partial charge on any atom is -0.289 e. The zero-order valence-corrected chi connectivity index (χ0v) is 12.2. The second kappa shape index (κ2) is 5.37. The second-order valence-corrected chi connectivity index (χ2v) is 4.97. The number of amides is 1. The van der Waals surface area contributed by atoms with Crippen LogP contribution in [0.15, 0.2) is 16.6 Å². The summed E-state index contributed by atoms with van der Waals surface area (Å²) >= 11 is 3.15. The van der Waals surface area contributed by atoms with Crippen LogP contribution in [-0.2, 0) is 0 Å². The molecule has 0 spiro atoms. The number of aromatic amines is 1. The summed E-state index contributed by atoms with van der Waals surface area (Å²) in [4.78, 5) is 26.5. The van der Waals surface area contributed by atoms with E-state index in [1.807, 2.05) is 0 Å². The van der Waals surface area contributed by atoms with Crippen LogP contribution in [0.25, 0.3) is 0 Å². The minimum atomic E-state index is -0.534. The Kier molecular flexibility index (Phi) is 3.79. The van der Waals surface area contributed by atoms with Gasteiger partial charge in [0.15, 0.2) is 0 Å². The molecule has 104 valence electrons. The molecule has 2 aromatic rings. The highest BCUT2D eigenvalue weighted by molar-refractivity contribution is 9.10. The first kappa shape index (κ1) is 14.1. The summed E-state index contributed by atoms with van der Waals surface area (Å²) in [5.74, 6) is 0.165. The van der Waals surface area contributed by atoms with Crippen molar-refractivity contribution in [2.75, 3.05) is 5.32 Å². The Labute approximate surface area is 121 Å².